The second-order valence-electron chi connectivity index (χ2n) is 6.69. The largest absolute Gasteiger partial charge is 0.457 e. The zero-order chi connectivity index (χ0) is 19.7. The van der Waals surface area contributed by atoms with Gasteiger partial charge in [-0.05, 0) is 50.2 Å². The van der Waals surface area contributed by atoms with Crippen LogP contribution in [0.2, 0.25) is 0 Å². The highest BCUT2D eigenvalue weighted by atomic mass is 35.5. The molecule has 2 aromatic rings. The van der Waals surface area contributed by atoms with Crippen molar-refractivity contribution in [2.75, 3.05) is 5.32 Å². The number of benzene rings is 2. The molecule has 0 radical (unpaired) electrons. The molecule has 2 atom stereocenters. The molecule has 1 aliphatic rings. The predicted octanol–water partition coefficient (Wildman–Crippen LogP) is 4.93. The Morgan fingerprint density at radius 3 is 2.15 bits per heavy atom. The van der Waals surface area contributed by atoms with Gasteiger partial charge in [-0.3, -0.25) is 9.59 Å². The van der Waals surface area contributed by atoms with Gasteiger partial charge in [0.25, 0.3) is 5.91 Å². The first-order valence-corrected chi connectivity index (χ1v) is 9.20. The Morgan fingerprint density at radius 2 is 1.59 bits per heavy atom. The van der Waals surface area contributed by atoms with Gasteiger partial charge in [-0.2, -0.15) is 0 Å². The average molecular weight is 408 g/mol. The Bertz CT molecular complexity index is 839. The minimum atomic E-state index is -1.13. The smallest absolute Gasteiger partial charge is 0.315 e. The second-order valence-corrected chi connectivity index (χ2v) is 8.17. The maximum Gasteiger partial charge on any atom is 0.315 e. The topological polar surface area (TPSA) is 64.6 Å². The Hall–Kier alpha value is -2.24. The van der Waals surface area contributed by atoms with Gasteiger partial charge in [-0.15, -0.1) is 23.2 Å². The van der Waals surface area contributed by atoms with Crippen molar-refractivity contribution >= 4 is 40.8 Å². The molecular formula is C20H19Cl2NO4. The van der Waals surface area contributed by atoms with Crippen LogP contribution in [0.25, 0.3) is 0 Å². The van der Waals surface area contributed by atoms with Crippen molar-refractivity contribution in [3.05, 3.63) is 54.6 Å². The number of alkyl halides is 2. The number of carbonyl (C=O) groups excluding carboxylic acids is 2. The van der Waals surface area contributed by atoms with E-state index in [1.54, 1.807) is 31.2 Å². The number of hydrogen-bond acceptors (Lipinski definition) is 4. The number of esters is 1. The summed E-state index contributed by atoms with van der Waals surface area (Å²) < 4.78 is 9.77. The first-order chi connectivity index (χ1) is 12.7. The summed E-state index contributed by atoms with van der Waals surface area (Å²) in [5.74, 6) is 0.333. The van der Waals surface area contributed by atoms with Crippen LogP contribution in [0.5, 0.6) is 11.5 Å². The molecule has 2 unspecified atom stereocenters. The Labute approximate surface area is 167 Å². The molecule has 0 bridgehead atoms. The molecule has 1 amide bonds. The van der Waals surface area contributed by atoms with Crippen molar-refractivity contribution in [1.82, 2.24) is 0 Å². The van der Waals surface area contributed by atoms with Crippen LogP contribution in [0.3, 0.4) is 0 Å². The van der Waals surface area contributed by atoms with Crippen LogP contribution < -0.4 is 10.1 Å². The van der Waals surface area contributed by atoms with E-state index in [9.17, 15) is 9.59 Å². The van der Waals surface area contributed by atoms with E-state index in [0.29, 0.717) is 17.9 Å². The summed E-state index contributed by atoms with van der Waals surface area (Å²) in [5.41, 5.74) is -0.411. The first-order valence-electron chi connectivity index (χ1n) is 8.44. The van der Waals surface area contributed by atoms with E-state index in [2.05, 4.69) is 5.32 Å². The maximum absolute atomic E-state index is 12.2. The van der Waals surface area contributed by atoms with Crippen LogP contribution in [0.4, 0.5) is 5.69 Å². The van der Waals surface area contributed by atoms with Gasteiger partial charge in [0, 0.05) is 12.1 Å². The number of para-hydroxylation sites is 1. The third-order valence-electron chi connectivity index (χ3n) is 4.46. The number of rotatable bonds is 6. The number of nitrogens with one attached hydrogen (secondary N) is 1. The molecule has 27 heavy (non-hydrogen) atoms. The van der Waals surface area contributed by atoms with Crippen LogP contribution in [0.1, 0.15) is 20.3 Å². The van der Waals surface area contributed by atoms with Gasteiger partial charge in [-0.1, -0.05) is 18.2 Å². The van der Waals surface area contributed by atoms with Gasteiger partial charge in [0.15, 0.2) is 6.10 Å². The monoisotopic (exact) mass is 407 g/mol. The molecule has 0 spiro atoms. The van der Waals surface area contributed by atoms with E-state index in [0.717, 1.165) is 5.75 Å². The normalized spacial score (nSPS) is 21.0. The van der Waals surface area contributed by atoms with Gasteiger partial charge in [0.2, 0.25) is 0 Å². The zero-order valence-electron chi connectivity index (χ0n) is 14.9. The highest BCUT2D eigenvalue weighted by Crippen LogP contribution is 2.64. The standard InChI is InChI=1S/C20H19Cl2NO4/c1-13(26-18(25)19(2)12-20(19,21)22)17(24)23-14-8-10-16(11-9-14)27-15-6-4-3-5-7-15/h3-11,13H,12H2,1-2H3,(H,23,24). The molecular weight excluding hydrogens is 389 g/mol. The molecule has 142 valence electrons. The highest BCUT2D eigenvalue weighted by molar-refractivity contribution is 6.53. The summed E-state index contributed by atoms with van der Waals surface area (Å²) in [5, 5.41) is 2.69. The van der Waals surface area contributed by atoms with Crippen molar-refractivity contribution in [2.45, 2.75) is 30.7 Å². The number of hydrogen-bond donors (Lipinski definition) is 1. The molecule has 1 aliphatic carbocycles. The van der Waals surface area contributed by atoms with Crippen LogP contribution in [0, 0.1) is 5.41 Å². The number of ether oxygens (including phenoxy) is 2. The van der Waals surface area contributed by atoms with Gasteiger partial charge < -0.3 is 14.8 Å². The fraction of sp³-hybridized carbons (Fsp3) is 0.300. The molecule has 1 saturated carbocycles. The SMILES string of the molecule is CC(OC(=O)C1(C)CC1(Cl)Cl)C(=O)Nc1ccc(Oc2ccccc2)cc1. The van der Waals surface area contributed by atoms with Crippen LogP contribution >= 0.6 is 23.2 Å². The fourth-order valence-electron chi connectivity index (χ4n) is 2.44. The summed E-state index contributed by atoms with van der Waals surface area (Å²) in [7, 11) is 0. The van der Waals surface area contributed by atoms with Crippen molar-refractivity contribution < 1.29 is 19.1 Å². The van der Waals surface area contributed by atoms with Gasteiger partial charge in [0.05, 0.1) is 0 Å². The Balaban J connectivity index is 1.54. The van der Waals surface area contributed by atoms with E-state index in [1.165, 1.54) is 6.92 Å². The lowest BCUT2D eigenvalue weighted by Gasteiger charge is -2.17. The summed E-state index contributed by atoms with van der Waals surface area (Å²) in [4.78, 5) is 24.4. The van der Waals surface area contributed by atoms with E-state index in [4.69, 9.17) is 32.7 Å². The van der Waals surface area contributed by atoms with Crippen molar-refractivity contribution in [1.29, 1.82) is 0 Å². The van der Waals surface area contributed by atoms with Crippen molar-refractivity contribution in [3.8, 4) is 11.5 Å². The lowest BCUT2D eigenvalue weighted by molar-refractivity contribution is -0.158. The third-order valence-corrected chi connectivity index (χ3v) is 5.56. The summed E-state index contributed by atoms with van der Waals surface area (Å²) in [6, 6.07) is 16.2. The molecule has 3 rings (SSSR count). The molecule has 0 aromatic heterocycles. The molecule has 0 saturated heterocycles. The van der Waals surface area contributed by atoms with Gasteiger partial charge in [-0.25, -0.2) is 0 Å². The summed E-state index contributed by atoms with van der Waals surface area (Å²) in [6.45, 7) is 3.11. The van der Waals surface area contributed by atoms with Crippen LogP contribution in [0.15, 0.2) is 54.6 Å². The Kier molecular flexibility index (Phi) is 5.36. The lowest BCUT2D eigenvalue weighted by atomic mass is 10.1. The highest BCUT2D eigenvalue weighted by Gasteiger charge is 2.69. The number of halogens is 2. The predicted molar refractivity (Wildman–Crippen MR) is 104 cm³/mol. The zero-order valence-corrected chi connectivity index (χ0v) is 16.4. The minimum Gasteiger partial charge on any atom is -0.457 e. The van der Waals surface area contributed by atoms with Crippen LogP contribution in [-0.4, -0.2) is 22.3 Å². The molecule has 0 aliphatic heterocycles. The second kappa shape index (κ2) is 7.41. The quantitative estimate of drug-likeness (QED) is 0.544. The van der Waals surface area contributed by atoms with Crippen molar-refractivity contribution in [3.63, 3.8) is 0 Å². The molecule has 7 heteroatoms. The van der Waals surface area contributed by atoms with E-state index in [1.807, 2.05) is 30.3 Å². The van der Waals surface area contributed by atoms with E-state index in [-0.39, 0.29) is 0 Å². The third kappa shape index (κ3) is 4.37. The summed E-state index contributed by atoms with van der Waals surface area (Å²) >= 11 is 11.9. The number of amides is 1. The molecule has 0 heterocycles. The van der Waals surface area contributed by atoms with Gasteiger partial charge >= 0.3 is 5.97 Å². The average Bonchev–Trinajstić information content (AvgIpc) is 3.16. The maximum atomic E-state index is 12.2. The Morgan fingerprint density at radius 1 is 1.04 bits per heavy atom. The van der Waals surface area contributed by atoms with Crippen LogP contribution in [-0.2, 0) is 14.3 Å². The van der Waals surface area contributed by atoms with E-state index >= 15 is 0 Å². The summed E-state index contributed by atoms with van der Waals surface area (Å²) in [6.07, 6.45) is -0.668. The number of carbonyl (C=O) groups is 2. The molecule has 1 fully saturated rings. The fourth-order valence-corrected chi connectivity index (χ4v) is 3.13. The lowest BCUT2D eigenvalue weighted by Crippen LogP contribution is -2.33. The first kappa shape index (κ1) is 19.5. The van der Waals surface area contributed by atoms with Crippen molar-refractivity contribution in [2.24, 2.45) is 5.41 Å². The van der Waals surface area contributed by atoms with Gasteiger partial charge in [0.1, 0.15) is 21.2 Å². The minimum absolute atomic E-state index is 0.305. The van der Waals surface area contributed by atoms with E-state index < -0.39 is 27.7 Å². The molecule has 5 nitrogen and oxygen atoms in total. The number of anilines is 1. The molecule has 2 aromatic carbocycles. The molecule has 1 N–H and O–H groups in total.